The summed E-state index contributed by atoms with van der Waals surface area (Å²) in [6, 6.07) is 19.4. The highest BCUT2D eigenvalue weighted by Gasteiger charge is 2.50. The van der Waals surface area contributed by atoms with Gasteiger partial charge in [0.1, 0.15) is 24.4 Å². The van der Waals surface area contributed by atoms with E-state index >= 15 is 0 Å². The molecule has 2 aromatic rings. The van der Waals surface area contributed by atoms with Crippen LogP contribution in [0.15, 0.2) is 73.3 Å². The second-order valence-electron chi connectivity index (χ2n) is 7.09. The molecule has 0 spiro atoms. The Morgan fingerprint density at radius 2 is 1.72 bits per heavy atom. The molecular weight excluding hydrogens is 372 g/mol. The highest BCUT2D eigenvalue weighted by atomic mass is 16.8. The summed E-state index contributed by atoms with van der Waals surface area (Å²) in [5.74, 6) is 0. The monoisotopic (exact) mass is 398 g/mol. The number of ether oxygens (including phenoxy) is 5. The molecular formula is C23H26O6. The second kappa shape index (κ2) is 9.63. The average Bonchev–Trinajstić information content (AvgIpc) is 2.78. The Morgan fingerprint density at radius 1 is 1.00 bits per heavy atom. The Bertz CT molecular complexity index is 767. The molecule has 4 rings (SSSR count). The van der Waals surface area contributed by atoms with Gasteiger partial charge in [0.05, 0.1) is 19.8 Å². The molecule has 0 radical (unpaired) electrons. The van der Waals surface area contributed by atoms with E-state index < -0.39 is 37.0 Å². The number of fused-ring (bicyclic) bond motifs is 1. The lowest BCUT2D eigenvalue weighted by Gasteiger charge is -2.47. The zero-order valence-corrected chi connectivity index (χ0v) is 16.1. The third-order valence-electron chi connectivity index (χ3n) is 5.04. The molecule has 1 N–H and O–H groups in total. The lowest BCUT2D eigenvalue weighted by molar-refractivity contribution is -0.365. The molecule has 2 aliphatic rings. The summed E-state index contributed by atoms with van der Waals surface area (Å²) in [5.41, 5.74) is 1.89. The van der Waals surface area contributed by atoms with Gasteiger partial charge in [-0.05, 0) is 5.56 Å². The van der Waals surface area contributed by atoms with E-state index in [1.54, 1.807) is 6.08 Å². The summed E-state index contributed by atoms with van der Waals surface area (Å²) in [6.45, 7) is 4.58. The summed E-state index contributed by atoms with van der Waals surface area (Å²) < 4.78 is 29.7. The zero-order chi connectivity index (χ0) is 20.1. The Kier molecular flexibility index (Phi) is 6.71. The van der Waals surface area contributed by atoms with Crippen molar-refractivity contribution in [3.8, 4) is 0 Å². The molecule has 2 saturated heterocycles. The first-order chi connectivity index (χ1) is 14.3. The molecule has 6 heteroatoms. The molecule has 6 atom stereocenters. The van der Waals surface area contributed by atoms with Crippen molar-refractivity contribution >= 4 is 0 Å². The van der Waals surface area contributed by atoms with Gasteiger partial charge in [0.15, 0.2) is 12.6 Å². The van der Waals surface area contributed by atoms with E-state index in [4.69, 9.17) is 23.7 Å². The minimum atomic E-state index is -0.928. The highest BCUT2D eigenvalue weighted by molar-refractivity contribution is 5.17. The molecule has 2 aromatic carbocycles. The number of aliphatic hydroxyl groups is 1. The molecule has 0 bridgehead atoms. The van der Waals surface area contributed by atoms with Gasteiger partial charge in [-0.3, -0.25) is 0 Å². The molecule has 2 fully saturated rings. The topological polar surface area (TPSA) is 66.4 Å². The largest absolute Gasteiger partial charge is 0.387 e. The number of hydrogen-bond acceptors (Lipinski definition) is 6. The standard InChI is InChI=1S/C23H26O6/c1-2-13-25-23-21(26-14-16-9-5-3-6-10-16)19(24)20-18(28-23)15-27-22(29-20)17-11-7-4-8-12-17/h2-12,18-24H,1,13-15H2/t18-,19+,20-,21-,22+,23-/m1/s1. The second-order valence-corrected chi connectivity index (χ2v) is 7.09. The van der Waals surface area contributed by atoms with Crippen LogP contribution in [-0.4, -0.2) is 49.0 Å². The molecule has 0 amide bonds. The molecule has 0 unspecified atom stereocenters. The number of rotatable bonds is 7. The van der Waals surface area contributed by atoms with Crippen LogP contribution < -0.4 is 0 Å². The van der Waals surface area contributed by atoms with Gasteiger partial charge >= 0.3 is 0 Å². The van der Waals surface area contributed by atoms with Crippen LogP contribution in [0.4, 0.5) is 0 Å². The van der Waals surface area contributed by atoms with Gasteiger partial charge in [-0.15, -0.1) is 6.58 Å². The van der Waals surface area contributed by atoms with Crippen molar-refractivity contribution < 1.29 is 28.8 Å². The van der Waals surface area contributed by atoms with E-state index in [2.05, 4.69) is 6.58 Å². The van der Waals surface area contributed by atoms with Crippen LogP contribution in [0, 0.1) is 0 Å². The van der Waals surface area contributed by atoms with Crippen LogP contribution in [0.25, 0.3) is 0 Å². The van der Waals surface area contributed by atoms with Crippen molar-refractivity contribution in [1.29, 1.82) is 0 Å². The van der Waals surface area contributed by atoms with Crippen LogP contribution >= 0.6 is 0 Å². The Labute approximate surface area is 170 Å². The predicted octanol–water partition coefficient (Wildman–Crippen LogP) is 2.97. The normalized spacial score (nSPS) is 31.8. The lowest BCUT2D eigenvalue weighted by atomic mass is 9.97. The zero-order valence-electron chi connectivity index (χ0n) is 16.1. The first-order valence-corrected chi connectivity index (χ1v) is 9.80. The summed E-state index contributed by atoms with van der Waals surface area (Å²) in [4.78, 5) is 0. The minimum Gasteiger partial charge on any atom is -0.387 e. The van der Waals surface area contributed by atoms with Gasteiger partial charge in [0.25, 0.3) is 0 Å². The maximum Gasteiger partial charge on any atom is 0.187 e. The number of benzene rings is 2. The van der Waals surface area contributed by atoms with Crippen LogP contribution in [0.5, 0.6) is 0 Å². The van der Waals surface area contributed by atoms with Gasteiger partial charge in [-0.1, -0.05) is 66.7 Å². The predicted molar refractivity (Wildman–Crippen MR) is 106 cm³/mol. The number of hydrogen-bond donors (Lipinski definition) is 1. The summed E-state index contributed by atoms with van der Waals surface area (Å²) >= 11 is 0. The average molecular weight is 398 g/mol. The minimum absolute atomic E-state index is 0.286. The molecule has 6 nitrogen and oxygen atoms in total. The summed E-state index contributed by atoms with van der Waals surface area (Å²) in [7, 11) is 0. The van der Waals surface area contributed by atoms with E-state index in [0.717, 1.165) is 11.1 Å². The number of aliphatic hydroxyl groups excluding tert-OH is 1. The van der Waals surface area contributed by atoms with Gasteiger partial charge in [-0.25, -0.2) is 0 Å². The highest BCUT2D eigenvalue weighted by Crippen LogP contribution is 2.35. The third-order valence-corrected chi connectivity index (χ3v) is 5.04. The fourth-order valence-corrected chi connectivity index (χ4v) is 3.59. The van der Waals surface area contributed by atoms with E-state index in [9.17, 15) is 5.11 Å². The maximum atomic E-state index is 11.1. The van der Waals surface area contributed by atoms with Crippen LogP contribution in [0.3, 0.4) is 0 Å². The van der Waals surface area contributed by atoms with Crippen LogP contribution in [0.1, 0.15) is 17.4 Å². The fourth-order valence-electron chi connectivity index (χ4n) is 3.59. The van der Waals surface area contributed by atoms with Crippen molar-refractivity contribution in [3.05, 3.63) is 84.4 Å². The molecule has 0 saturated carbocycles. The Balaban J connectivity index is 1.48. The Hall–Kier alpha value is -2.06. The Morgan fingerprint density at radius 3 is 2.45 bits per heavy atom. The fraction of sp³-hybridized carbons (Fsp3) is 0.391. The lowest BCUT2D eigenvalue weighted by Crippen LogP contribution is -2.62. The van der Waals surface area contributed by atoms with Gasteiger partial charge in [0.2, 0.25) is 0 Å². The van der Waals surface area contributed by atoms with Crippen molar-refractivity contribution in [2.45, 2.75) is 43.6 Å². The quantitative estimate of drug-likeness (QED) is 0.724. The van der Waals surface area contributed by atoms with E-state index in [-0.39, 0.29) is 6.61 Å². The van der Waals surface area contributed by atoms with E-state index in [1.165, 1.54) is 0 Å². The molecule has 0 aliphatic carbocycles. The molecule has 29 heavy (non-hydrogen) atoms. The maximum absolute atomic E-state index is 11.1. The summed E-state index contributed by atoms with van der Waals surface area (Å²) in [5, 5.41) is 11.1. The van der Waals surface area contributed by atoms with E-state index in [1.807, 2.05) is 60.7 Å². The van der Waals surface area contributed by atoms with Crippen LogP contribution in [-0.2, 0) is 30.3 Å². The molecule has 2 aliphatic heterocycles. The van der Waals surface area contributed by atoms with Gasteiger partial charge < -0.3 is 28.8 Å². The van der Waals surface area contributed by atoms with Crippen molar-refractivity contribution in [1.82, 2.24) is 0 Å². The molecule has 154 valence electrons. The third kappa shape index (κ3) is 4.75. The van der Waals surface area contributed by atoms with Crippen molar-refractivity contribution in [2.24, 2.45) is 0 Å². The van der Waals surface area contributed by atoms with Crippen LogP contribution in [0.2, 0.25) is 0 Å². The SMILES string of the molecule is C=CCO[C@@H]1O[C@@H]2CO[C@H](c3ccccc3)O[C@H]2[C@H](O)[C@H]1OCc1ccccc1. The van der Waals surface area contributed by atoms with Gasteiger partial charge in [0, 0.05) is 5.56 Å². The molecule has 0 aromatic heterocycles. The van der Waals surface area contributed by atoms with Crippen molar-refractivity contribution in [3.63, 3.8) is 0 Å². The summed E-state index contributed by atoms with van der Waals surface area (Å²) in [6.07, 6.45) is -2.33. The first-order valence-electron chi connectivity index (χ1n) is 9.80. The molecule has 2 heterocycles. The first kappa shape index (κ1) is 20.2. The van der Waals surface area contributed by atoms with Crippen molar-refractivity contribution in [2.75, 3.05) is 13.2 Å². The smallest absolute Gasteiger partial charge is 0.187 e. The van der Waals surface area contributed by atoms with E-state index in [0.29, 0.717) is 13.2 Å². The van der Waals surface area contributed by atoms with Gasteiger partial charge in [-0.2, -0.15) is 0 Å².